The summed E-state index contributed by atoms with van der Waals surface area (Å²) in [5.41, 5.74) is 1.83. The second kappa shape index (κ2) is 3.96. The smallest absolute Gasteiger partial charge is 0.177 e. The molecule has 1 aromatic heterocycles. The van der Waals surface area contributed by atoms with Gasteiger partial charge in [0.1, 0.15) is 0 Å². The average Bonchev–Trinajstić information content (AvgIpc) is 2.56. The van der Waals surface area contributed by atoms with Gasteiger partial charge in [-0.25, -0.2) is 0 Å². The summed E-state index contributed by atoms with van der Waals surface area (Å²) in [6.45, 7) is -0.0472. The minimum atomic E-state index is -0.207. The van der Waals surface area contributed by atoms with Gasteiger partial charge in [0.2, 0.25) is 0 Å². The quantitative estimate of drug-likeness (QED) is 0.832. The molecule has 1 heterocycles. The monoisotopic (exact) mass is 274 g/mol. The van der Waals surface area contributed by atoms with E-state index in [9.17, 15) is 9.50 Å². The molecule has 0 saturated carbocycles. The van der Waals surface area contributed by atoms with E-state index in [1.165, 1.54) is 6.07 Å². The van der Waals surface area contributed by atoms with E-state index >= 15 is 0 Å². The predicted octanol–water partition coefficient (Wildman–Crippen LogP) is 3.43. The largest absolute Gasteiger partial charge is 0.392 e. The molecule has 2 aromatic rings. The minimum absolute atomic E-state index is 0.0472. The first-order valence-corrected chi connectivity index (χ1v) is 6.06. The van der Waals surface area contributed by atoms with Crippen molar-refractivity contribution in [2.75, 3.05) is 0 Å². The highest BCUT2D eigenvalue weighted by Crippen LogP contribution is 2.30. The average molecular weight is 275 g/mol. The van der Waals surface area contributed by atoms with Crippen LogP contribution in [0, 0.1) is 5.13 Å². The van der Waals surface area contributed by atoms with E-state index in [2.05, 4.69) is 15.9 Å². The van der Waals surface area contributed by atoms with Gasteiger partial charge in [0.15, 0.2) is 5.13 Å². The van der Waals surface area contributed by atoms with E-state index in [0.717, 1.165) is 32.5 Å². The molecule has 0 atom stereocenters. The first-order chi connectivity index (χ1) is 6.76. The standard InChI is InChI=1S/C10H8BrFOS/c11-4-6-1-2-9-7(8(6)5-13)3-10(12)14-9/h1-3,13H,4-5H2. The van der Waals surface area contributed by atoms with Crippen molar-refractivity contribution in [3.63, 3.8) is 0 Å². The van der Waals surface area contributed by atoms with E-state index < -0.39 is 0 Å². The van der Waals surface area contributed by atoms with Crippen molar-refractivity contribution < 1.29 is 9.50 Å². The number of thiophene rings is 1. The molecule has 0 bridgehead atoms. The van der Waals surface area contributed by atoms with Crippen LogP contribution in [0.4, 0.5) is 4.39 Å². The van der Waals surface area contributed by atoms with Gasteiger partial charge in [0.05, 0.1) is 6.61 Å². The Bertz CT molecular complexity index is 466. The van der Waals surface area contributed by atoms with E-state index in [-0.39, 0.29) is 11.7 Å². The van der Waals surface area contributed by atoms with Crippen LogP contribution in [-0.4, -0.2) is 5.11 Å². The summed E-state index contributed by atoms with van der Waals surface area (Å²) in [7, 11) is 0. The summed E-state index contributed by atoms with van der Waals surface area (Å²) in [5.74, 6) is 0. The van der Waals surface area contributed by atoms with Crippen molar-refractivity contribution in [3.05, 3.63) is 34.5 Å². The number of hydrogen-bond acceptors (Lipinski definition) is 2. The molecule has 0 aliphatic rings. The van der Waals surface area contributed by atoms with Crippen molar-refractivity contribution in [1.82, 2.24) is 0 Å². The van der Waals surface area contributed by atoms with Crippen LogP contribution < -0.4 is 0 Å². The molecule has 0 saturated heterocycles. The predicted molar refractivity (Wildman–Crippen MR) is 60.3 cm³/mol. The molecular formula is C10H8BrFOS. The Morgan fingerprint density at radius 3 is 2.86 bits per heavy atom. The Morgan fingerprint density at radius 2 is 2.21 bits per heavy atom. The molecule has 0 fully saturated rings. The van der Waals surface area contributed by atoms with Crippen molar-refractivity contribution in [3.8, 4) is 0 Å². The Morgan fingerprint density at radius 1 is 1.43 bits per heavy atom. The molecule has 1 N–H and O–H groups in total. The van der Waals surface area contributed by atoms with Crippen molar-refractivity contribution >= 4 is 37.4 Å². The van der Waals surface area contributed by atoms with E-state index in [1.807, 2.05) is 12.1 Å². The van der Waals surface area contributed by atoms with Gasteiger partial charge in [0.25, 0.3) is 0 Å². The number of halogens is 2. The Labute approximate surface area is 93.3 Å². The lowest BCUT2D eigenvalue weighted by atomic mass is 10.1. The highest BCUT2D eigenvalue weighted by Gasteiger charge is 2.09. The molecule has 0 aliphatic heterocycles. The van der Waals surface area contributed by atoms with Crippen molar-refractivity contribution in [1.29, 1.82) is 0 Å². The van der Waals surface area contributed by atoms with Gasteiger partial charge >= 0.3 is 0 Å². The molecule has 1 nitrogen and oxygen atoms in total. The third-order valence-corrected chi connectivity index (χ3v) is 3.67. The van der Waals surface area contributed by atoms with Crippen LogP contribution in [0.25, 0.3) is 10.1 Å². The normalized spacial score (nSPS) is 11.1. The third-order valence-electron chi connectivity index (χ3n) is 2.18. The molecule has 0 unspecified atom stereocenters. The maximum atomic E-state index is 13.0. The van der Waals surface area contributed by atoms with Crippen molar-refractivity contribution in [2.45, 2.75) is 11.9 Å². The van der Waals surface area contributed by atoms with Gasteiger partial charge in [-0.3, -0.25) is 0 Å². The zero-order valence-electron chi connectivity index (χ0n) is 7.26. The number of aliphatic hydroxyl groups is 1. The number of hydrogen-bond donors (Lipinski definition) is 1. The molecule has 1 aromatic carbocycles. The van der Waals surface area contributed by atoms with Crippen LogP contribution in [0.1, 0.15) is 11.1 Å². The van der Waals surface area contributed by atoms with Crippen LogP contribution in [0.5, 0.6) is 0 Å². The molecular weight excluding hydrogens is 267 g/mol. The summed E-state index contributed by atoms with van der Waals surface area (Å²) in [6, 6.07) is 5.29. The zero-order valence-corrected chi connectivity index (χ0v) is 9.66. The first-order valence-electron chi connectivity index (χ1n) is 4.13. The minimum Gasteiger partial charge on any atom is -0.392 e. The van der Waals surface area contributed by atoms with E-state index in [0.29, 0.717) is 5.33 Å². The molecule has 74 valence electrons. The van der Waals surface area contributed by atoms with Crippen LogP contribution in [0.2, 0.25) is 0 Å². The van der Waals surface area contributed by atoms with E-state index in [4.69, 9.17) is 0 Å². The van der Waals surface area contributed by atoms with Gasteiger partial charge in [-0.15, -0.1) is 11.3 Å². The summed E-state index contributed by atoms with van der Waals surface area (Å²) in [5, 5.41) is 10.5. The number of fused-ring (bicyclic) bond motifs is 1. The van der Waals surface area contributed by atoms with Crippen LogP contribution in [0.3, 0.4) is 0 Å². The van der Waals surface area contributed by atoms with E-state index in [1.54, 1.807) is 0 Å². The summed E-state index contributed by atoms with van der Waals surface area (Å²) in [6.07, 6.45) is 0. The molecule has 0 spiro atoms. The fraction of sp³-hybridized carbons (Fsp3) is 0.200. The lowest BCUT2D eigenvalue weighted by Crippen LogP contribution is -1.91. The van der Waals surface area contributed by atoms with Gasteiger partial charge in [-0.1, -0.05) is 22.0 Å². The zero-order chi connectivity index (χ0) is 10.1. The number of aliphatic hydroxyl groups excluding tert-OH is 1. The fourth-order valence-electron chi connectivity index (χ4n) is 1.50. The fourth-order valence-corrected chi connectivity index (χ4v) is 2.84. The number of rotatable bonds is 2. The number of benzene rings is 1. The molecule has 4 heteroatoms. The van der Waals surface area contributed by atoms with Gasteiger partial charge in [0, 0.05) is 15.4 Å². The second-order valence-corrected chi connectivity index (χ2v) is 4.55. The molecule has 0 radical (unpaired) electrons. The highest BCUT2D eigenvalue weighted by atomic mass is 79.9. The second-order valence-electron chi connectivity index (χ2n) is 2.96. The van der Waals surface area contributed by atoms with Crippen LogP contribution >= 0.6 is 27.3 Å². The Kier molecular flexibility index (Phi) is 2.85. The van der Waals surface area contributed by atoms with Gasteiger partial charge < -0.3 is 5.11 Å². The maximum absolute atomic E-state index is 13.0. The topological polar surface area (TPSA) is 20.2 Å². The lowest BCUT2D eigenvalue weighted by molar-refractivity contribution is 0.282. The van der Waals surface area contributed by atoms with Crippen molar-refractivity contribution in [2.24, 2.45) is 0 Å². The molecule has 0 amide bonds. The maximum Gasteiger partial charge on any atom is 0.177 e. The Balaban J connectivity index is 2.75. The summed E-state index contributed by atoms with van der Waals surface area (Å²) in [4.78, 5) is 0. The molecule has 2 rings (SSSR count). The SMILES string of the molecule is OCc1c(CBr)ccc2sc(F)cc12. The van der Waals surface area contributed by atoms with Crippen LogP contribution in [-0.2, 0) is 11.9 Å². The Hall–Kier alpha value is -0.450. The molecule has 14 heavy (non-hydrogen) atoms. The highest BCUT2D eigenvalue weighted by molar-refractivity contribution is 9.08. The van der Waals surface area contributed by atoms with Gasteiger partial charge in [-0.2, -0.15) is 4.39 Å². The first kappa shape index (κ1) is 10.1. The van der Waals surface area contributed by atoms with Gasteiger partial charge in [-0.05, 0) is 23.3 Å². The third kappa shape index (κ3) is 1.58. The summed E-state index contributed by atoms with van der Waals surface area (Å²) >= 11 is 4.45. The number of alkyl halides is 1. The van der Waals surface area contributed by atoms with Crippen LogP contribution in [0.15, 0.2) is 18.2 Å². The lowest BCUT2D eigenvalue weighted by Gasteiger charge is -2.04. The molecule has 0 aliphatic carbocycles. The summed E-state index contributed by atoms with van der Waals surface area (Å²) < 4.78 is 13.9.